The maximum Gasteiger partial charge on any atom is 0.131 e. The fourth-order valence-electron chi connectivity index (χ4n) is 2.45. The highest BCUT2D eigenvalue weighted by atomic mass is 32.2. The van der Waals surface area contributed by atoms with E-state index in [1.165, 1.54) is 11.3 Å². The molecule has 2 rings (SSSR count). The predicted octanol–water partition coefficient (Wildman–Crippen LogP) is 2.93. The number of thiophene rings is 1. The first-order valence-corrected chi connectivity index (χ1v) is 8.25. The van der Waals surface area contributed by atoms with Crippen molar-refractivity contribution in [2.24, 2.45) is 0 Å². The van der Waals surface area contributed by atoms with Gasteiger partial charge in [-0.1, -0.05) is 0 Å². The number of rotatable bonds is 3. The molecule has 0 amide bonds. The largest absolute Gasteiger partial charge is 0.396 e. The van der Waals surface area contributed by atoms with Crippen molar-refractivity contribution in [1.82, 2.24) is 0 Å². The molecule has 1 atom stereocenters. The molecule has 1 aliphatic rings. The third kappa shape index (κ3) is 2.69. The maximum atomic E-state index is 9.13. The number of anilines is 2. The van der Waals surface area contributed by atoms with E-state index in [4.69, 9.17) is 15.7 Å². The second-order valence-electron chi connectivity index (χ2n) is 4.97. The van der Waals surface area contributed by atoms with Gasteiger partial charge in [-0.3, -0.25) is 0 Å². The first-order valence-electron chi connectivity index (χ1n) is 6.21. The maximum absolute atomic E-state index is 9.13. The molecule has 1 aromatic rings. The number of piperidine rings is 1. The summed E-state index contributed by atoms with van der Waals surface area (Å²) < 4.78 is 5.63. The minimum atomic E-state index is -0.112. The number of nitrogen functional groups attached to an aromatic ring is 1. The molecule has 2 N–H and O–H groups in total. The van der Waals surface area contributed by atoms with Gasteiger partial charge in [0.1, 0.15) is 15.9 Å². The Balaban J connectivity index is 2.34. The van der Waals surface area contributed by atoms with Crippen molar-refractivity contribution in [3.8, 4) is 6.07 Å². The van der Waals surface area contributed by atoms with Gasteiger partial charge in [0.05, 0.1) is 16.2 Å². The molecule has 0 aliphatic carbocycles. The van der Waals surface area contributed by atoms with E-state index in [9.17, 15) is 0 Å². The van der Waals surface area contributed by atoms with Crippen LogP contribution in [0.15, 0.2) is 4.90 Å². The molecule has 1 unspecified atom stereocenters. The van der Waals surface area contributed by atoms with Crippen molar-refractivity contribution in [3.05, 3.63) is 4.88 Å². The lowest BCUT2D eigenvalue weighted by atomic mass is 9.95. The standard InChI is InChI=1S/C13H19N3OS2/c1-13(17-2)5-4-6-16(8-13)12-11(18-3)10(15)9(7-14)19-12/h4-6,8,15H2,1-3H3. The molecule has 1 aromatic heterocycles. The summed E-state index contributed by atoms with van der Waals surface area (Å²) in [6.45, 7) is 3.99. The summed E-state index contributed by atoms with van der Waals surface area (Å²) >= 11 is 3.10. The zero-order valence-electron chi connectivity index (χ0n) is 11.5. The summed E-state index contributed by atoms with van der Waals surface area (Å²) in [5.74, 6) is 0. The number of thioether (sulfide) groups is 1. The Morgan fingerprint density at radius 1 is 1.58 bits per heavy atom. The predicted molar refractivity (Wildman–Crippen MR) is 82.1 cm³/mol. The number of ether oxygens (including phenoxy) is 1. The SMILES string of the molecule is COC1(C)CCCN(c2sc(C#N)c(N)c2SC)C1. The number of hydrogen-bond acceptors (Lipinski definition) is 6. The summed E-state index contributed by atoms with van der Waals surface area (Å²) in [4.78, 5) is 3.95. The molecular weight excluding hydrogens is 278 g/mol. The lowest BCUT2D eigenvalue weighted by molar-refractivity contribution is -0.00459. The molecule has 0 spiro atoms. The van der Waals surface area contributed by atoms with E-state index in [2.05, 4.69) is 17.9 Å². The van der Waals surface area contributed by atoms with Gasteiger partial charge in [-0.15, -0.1) is 23.1 Å². The second-order valence-corrected chi connectivity index (χ2v) is 6.79. The van der Waals surface area contributed by atoms with Gasteiger partial charge in [0.15, 0.2) is 0 Å². The van der Waals surface area contributed by atoms with E-state index >= 15 is 0 Å². The molecular formula is C13H19N3OS2. The van der Waals surface area contributed by atoms with Crippen LogP contribution in [0.2, 0.25) is 0 Å². The monoisotopic (exact) mass is 297 g/mol. The molecule has 104 valence electrons. The number of nitriles is 1. The van der Waals surface area contributed by atoms with Crippen LogP contribution in [0, 0.1) is 11.3 Å². The van der Waals surface area contributed by atoms with Gasteiger partial charge in [-0.25, -0.2) is 0 Å². The van der Waals surface area contributed by atoms with E-state index in [1.54, 1.807) is 18.9 Å². The van der Waals surface area contributed by atoms with E-state index in [0.717, 1.165) is 35.8 Å². The Kier molecular flexibility index (Phi) is 4.29. The van der Waals surface area contributed by atoms with Gasteiger partial charge in [-0.2, -0.15) is 5.26 Å². The fraction of sp³-hybridized carbons (Fsp3) is 0.615. The van der Waals surface area contributed by atoms with Gasteiger partial charge in [0, 0.05) is 20.2 Å². The highest BCUT2D eigenvalue weighted by Crippen LogP contribution is 2.45. The summed E-state index contributed by atoms with van der Waals surface area (Å²) in [5, 5.41) is 10.2. The first kappa shape index (κ1) is 14.5. The van der Waals surface area contributed by atoms with Crippen molar-refractivity contribution in [2.75, 3.05) is 37.1 Å². The van der Waals surface area contributed by atoms with E-state index < -0.39 is 0 Å². The zero-order chi connectivity index (χ0) is 14.0. The van der Waals surface area contributed by atoms with Crippen molar-refractivity contribution in [3.63, 3.8) is 0 Å². The van der Waals surface area contributed by atoms with Crippen LogP contribution in [-0.2, 0) is 4.74 Å². The van der Waals surface area contributed by atoms with Crippen LogP contribution >= 0.6 is 23.1 Å². The van der Waals surface area contributed by atoms with Crippen LogP contribution < -0.4 is 10.6 Å². The van der Waals surface area contributed by atoms with E-state index in [1.807, 2.05) is 6.26 Å². The Hall–Kier alpha value is -0.900. The highest BCUT2D eigenvalue weighted by Gasteiger charge is 2.33. The summed E-state index contributed by atoms with van der Waals surface area (Å²) in [5.41, 5.74) is 6.55. The molecule has 1 fully saturated rings. The van der Waals surface area contributed by atoms with Crippen LogP contribution in [0.5, 0.6) is 0 Å². The number of nitrogens with zero attached hydrogens (tertiary/aromatic N) is 2. The zero-order valence-corrected chi connectivity index (χ0v) is 13.2. The van der Waals surface area contributed by atoms with Gasteiger partial charge >= 0.3 is 0 Å². The Morgan fingerprint density at radius 2 is 2.32 bits per heavy atom. The minimum Gasteiger partial charge on any atom is -0.396 e. The number of hydrogen-bond donors (Lipinski definition) is 1. The Morgan fingerprint density at radius 3 is 2.89 bits per heavy atom. The van der Waals surface area contributed by atoms with Crippen LogP contribution in [0.25, 0.3) is 0 Å². The molecule has 6 heteroatoms. The normalized spacial score (nSPS) is 23.4. The highest BCUT2D eigenvalue weighted by molar-refractivity contribution is 7.99. The van der Waals surface area contributed by atoms with Crippen LogP contribution in [-0.4, -0.2) is 32.1 Å². The minimum absolute atomic E-state index is 0.112. The molecule has 0 radical (unpaired) electrons. The summed E-state index contributed by atoms with van der Waals surface area (Å²) in [6.07, 6.45) is 4.17. The van der Waals surface area contributed by atoms with Gasteiger partial charge in [0.25, 0.3) is 0 Å². The lowest BCUT2D eigenvalue weighted by Crippen LogP contribution is -2.47. The molecule has 19 heavy (non-hydrogen) atoms. The molecule has 0 saturated carbocycles. The third-order valence-electron chi connectivity index (χ3n) is 3.63. The molecule has 0 bridgehead atoms. The quantitative estimate of drug-likeness (QED) is 0.869. The van der Waals surface area contributed by atoms with Crippen molar-refractivity contribution in [1.29, 1.82) is 5.26 Å². The number of methoxy groups -OCH3 is 1. The number of nitrogens with two attached hydrogens (primary N) is 1. The van der Waals surface area contributed by atoms with E-state index in [-0.39, 0.29) is 5.60 Å². The molecule has 1 aliphatic heterocycles. The van der Waals surface area contributed by atoms with Crippen molar-refractivity contribution >= 4 is 33.8 Å². The third-order valence-corrected chi connectivity index (χ3v) is 5.75. The van der Waals surface area contributed by atoms with Crippen LogP contribution in [0.1, 0.15) is 24.6 Å². The van der Waals surface area contributed by atoms with Crippen molar-refractivity contribution in [2.45, 2.75) is 30.3 Å². The molecule has 1 saturated heterocycles. The first-order chi connectivity index (χ1) is 9.04. The average Bonchev–Trinajstić information content (AvgIpc) is 2.75. The molecule has 0 aromatic carbocycles. The van der Waals surface area contributed by atoms with Gasteiger partial charge in [-0.05, 0) is 26.0 Å². The smallest absolute Gasteiger partial charge is 0.131 e. The van der Waals surface area contributed by atoms with Crippen LogP contribution in [0.3, 0.4) is 0 Å². The molecule has 2 heterocycles. The molecule has 4 nitrogen and oxygen atoms in total. The van der Waals surface area contributed by atoms with Gasteiger partial charge in [0.2, 0.25) is 0 Å². The van der Waals surface area contributed by atoms with Gasteiger partial charge < -0.3 is 15.4 Å². The van der Waals surface area contributed by atoms with E-state index in [0.29, 0.717) is 10.6 Å². The summed E-state index contributed by atoms with van der Waals surface area (Å²) in [7, 11) is 1.77. The van der Waals surface area contributed by atoms with Crippen LogP contribution in [0.4, 0.5) is 10.7 Å². The topological polar surface area (TPSA) is 62.3 Å². The lowest BCUT2D eigenvalue weighted by Gasteiger charge is -2.40. The fourth-order valence-corrected chi connectivity index (χ4v) is 4.45. The summed E-state index contributed by atoms with van der Waals surface area (Å²) in [6, 6.07) is 2.19. The van der Waals surface area contributed by atoms with Crippen molar-refractivity contribution < 1.29 is 4.74 Å². The second kappa shape index (κ2) is 5.61. The average molecular weight is 297 g/mol. The Bertz CT molecular complexity index is 509. The Labute approximate surface area is 122 Å².